The van der Waals surface area contributed by atoms with Crippen LogP contribution in [0.4, 0.5) is 5.69 Å². The molecule has 0 aromatic heterocycles. The van der Waals surface area contributed by atoms with Gasteiger partial charge in [-0.15, -0.1) is 11.8 Å². The van der Waals surface area contributed by atoms with Gasteiger partial charge < -0.3 is 10.2 Å². The largest absolute Gasteiger partial charge is 0.381 e. The van der Waals surface area contributed by atoms with Gasteiger partial charge in [0, 0.05) is 16.6 Å². The summed E-state index contributed by atoms with van der Waals surface area (Å²) in [6.45, 7) is 8.43. The summed E-state index contributed by atoms with van der Waals surface area (Å²) in [5, 5.41) is 3.74. The highest BCUT2D eigenvalue weighted by molar-refractivity contribution is 7.98. The fraction of sp³-hybridized carbons (Fsp3) is 0.647. The van der Waals surface area contributed by atoms with E-state index in [4.69, 9.17) is 0 Å². The van der Waals surface area contributed by atoms with Crippen molar-refractivity contribution in [1.29, 1.82) is 0 Å². The molecule has 1 aliphatic rings. The Balaban J connectivity index is 1.88. The van der Waals surface area contributed by atoms with Crippen molar-refractivity contribution in [1.82, 2.24) is 4.90 Å². The van der Waals surface area contributed by atoms with Crippen molar-refractivity contribution in [2.75, 3.05) is 31.2 Å². The lowest BCUT2D eigenvalue weighted by Crippen LogP contribution is -2.39. The molecule has 2 rings (SSSR count). The van der Waals surface area contributed by atoms with Crippen molar-refractivity contribution in [2.45, 2.75) is 44.0 Å². The summed E-state index contributed by atoms with van der Waals surface area (Å²) in [6.07, 6.45) is 6.08. The van der Waals surface area contributed by atoms with Crippen LogP contribution in [0.3, 0.4) is 0 Å². The highest BCUT2D eigenvalue weighted by Gasteiger charge is 2.23. The van der Waals surface area contributed by atoms with Gasteiger partial charge in [-0.2, -0.15) is 0 Å². The van der Waals surface area contributed by atoms with E-state index in [9.17, 15) is 0 Å². The summed E-state index contributed by atoms with van der Waals surface area (Å²) >= 11 is 1.82. The Kier molecular flexibility index (Phi) is 6.24. The number of piperidine rings is 1. The van der Waals surface area contributed by atoms with Gasteiger partial charge in [0.25, 0.3) is 0 Å². The zero-order valence-corrected chi connectivity index (χ0v) is 13.9. The standard InChI is InChI=1S/C17H28N2S/c1-4-11-19-12-9-15(10-13-19)14(2)18-16-7-5-6-8-17(16)20-3/h5-8,14-15,18H,4,9-13H2,1-3H3. The Morgan fingerprint density at radius 3 is 2.65 bits per heavy atom. The number of hydrogen-bond acceptors (Lipinski definition) is 3. The van der Waals surface area contributed by atoms with Crippen molar-refractivity contribution in [3.05, 3.63) is 24.3 Å². The molecule has 0 amide bonds. The van der Waals surface area contributed by atoms with Crippen LogP contribution in [0.1, 0.15) is 33.1 Å². The molecule has 1 N–H and O–H groups in total. The second-order valence-corrected chi connectivity index (χ2v) is 6.66. The van der Waals surface area contributed by atoms with Crippen LogP contribution in [-0.4, -0.2) is 36.8 Å². The van der Waals surface area contributed by atoms with Crippen molar-refractivity contribution in [3.8, 4) is 0 Å². The molecule has 1 fully saturated rings. The fourth-order valence-corrected chi connectivity index (χ4v) is 3.68. The zero-order chi connectivity index (χ0) is 14.4. The maximum absolute atomic E-state index is 3.74. The highest BCUT2D eigenvalue weighted by atomic mass is 32.2. The molecule has 0 saturated carbocycles. The molecule has 1 aromatic rings. The number of anilines is 1. The first-order valence-electron chi connectivity index (χ1n) is 7.86. The summed E-state index contributed by atoms with van der Waals surface area (Å²) in [5.41, 5.74) is 1.29. The number of para-hydroxylation sites is 1. The van der Waals surface area contributed by atoms with Crippen molar-refractivity contribution in [2.24, 2.45) is 5.92 Å². The smallest absolute Gasteiger partial charge is 0.0480 e. The number of rotatable bonds is 6. The van der Waals surface area contributed by atoms with Gasteiger partial charge in [-0.05, 0) is 70.1 Å². The summed E-state index contributed by atoms with van der Waals surface area (Å²) < 4.78 is 0. The molecule has 0 radical (unpaired) electrons. The first kappa shape index (κ1) is 15.7. The summed E-state index contributed by atoms with van der Waals surface area (Å²) in [6, 6.07) is 9.20. The first-order valence-corrected chi connectivity index (χ1v) is 9.09. The molecule has 0 aliphatic carbocycles. The molecular formula is C17H28N2S. The number of nitrogens with one attached hydrogen (secondary N) is 1. The Morgan fingerprint density at radius 1 is 1.30 bits per heavy atom. The van der Waals surface area contributed by atoms with Crippen molar-refractivity contribution in [3.63, 3.8) is 0 Å². The van der Waals surface area contributed by atoms with E-state index in [1.807, 2.05) is 11.8 Å². The second-order valence-electron chi connectivity index (χ2n) is 5.81. The SMILES string of the molecule is CCCN1CCC(C(C)Nc2ccccc2SC)CC1. The average molecular weight is 292 g/mol. The Bertz CT molecular complexity index is 400. The normalized spacial score (nSPS) is 18.9. The minimum Gasteiger partial charge on any atom is -0.381 e. The molecule has 1 heterocycles. The van der Waals surface area contributed by atoms with Crippen LogP contribution in [-0.2, 0) is 0 Å². The van der Waals surface area contributed by atoms with Gasteiger partial charge in [0.05, 0.1) is 0 Å². The molecule has 0 bridgehead atoms. The lowest BCUT2D eigenvalue weighted by molar-refractivity contribution is 0.176. The van der Waals surface area contributed by atoms with E-state index < -0.39 is 0 Å². The molecule has 2 nitrogen and oxygen atoms in total. The second kappa shape index (κ2) is 7.94. The molecule has 1 atom stereocenters. The van der Waals surface area contributed by atoms with Gasteiger partial charge in [0.2, 0.25) is 0 Å². The van der Waals surface area contributed by atoms with Gasteiger partial charge >= 0.3 is 0 Å². The predicted molar refractivity (Wildman–Crippen MR) is 90.8 cm³/mol. The molecular weight excluding hydrogens is 264 g/mol. The molecule has 1 unspecified atom stereocenters. The minimum atomic E-state index is 0.562. The first-order chi connectivity index (χ1) is 9.74. The Labute approximate surface area is 128 Å². The molecule has 1 saturated heterocycles. The van der Waals surface area contributed by atoms with Gasteiger partial charge in [-0.1, -0.05) is 19.1 Å². The van der Waals surface area contributed by atoms with Crippen LogP contribution in [0.25, 0.3) is 0 Å². The van der Waals surface area contributed by atoms with E-state index >= 15 is 0 Å². The Morgan fingerprint density at radius 2 is 2.00 bits per heavy atom. The third kappa shape index (κ3) is 4.16. The van der Waals surface area contributed by atoms with E-state index in [-0.39, 0.29) is 0 Å². The molecule has 1 aliphatic heterocycles. The van der Waals surface area contributed by atoms with E-state index in [0.717, 1.165) is 5.92 Å². The van der Waals surface area contributed by atoms with E-state index in [0.29, 0.717) is 6.04 Å². The average Bonchev–Trinajstić information content (AvgIpc) is 2.49. The van der Waals surface area contributed by atoms with E-state index in [2.05, 4.69) is 54.6 Å². The summed E-state index contributed by atoms with van der Waals surface area (Å²) in [7, 11) is 0. The monoisotopic (exact) mass is 292 g/mol. The van der Waals surface area contributed by atoms with Crippen LogP contribution < -0.4 is 5.32 Å². The topological polar surface area (TPSA) is 15.3 Å². The maximum Gasteiger partial charge on any atom is 0.0480 e. The summed E-state index contributed by atoms with van der Waals surface area (Å²) in [5.74, 6) is 0.804. The van der Waals surface area contributed by atoms with Gasteiger partial charge in [-0.25, -0.2) is 0 Å². The van der Waals surface area contributed by atoms with Gasteiger partial charge in [0.1, 0.15) is 0 Å². The molecule has 0 spiro atoms. The summed E-state index contributed by atoms with van der Waals surface area (Å²) in [4.78, 5) is 3.96. The fourth-order valence-electron chi connectivity index (χ4n) is 3.12. The lowest BCUT2D eigenvalue weighted by atomic mass is 9.90. The Hall–Kier alpha value is -0.670. The number of thioether (sulfide) groups is 1. The van der Waals surface area contributed by atoms with Crippen molar-refractivity contribution < 1.29 is 0 Å². The third-order valence-corrected chi connectivity index (χ3v) is 5.17. The van der Waals surface area contributed by atoms with Crippen molar-refractivity contribution >= 4 is 17.4 Å². The van der Waals surface area contributed by atoms with E-state index in [1.54, 1.807) is 0 Å². The number of benzene rings is 1. The van der Waals surface area contributed by atoms with Crippen LogP contribution >= 0.6 is 11.8 Å². The van der Waals surface area contributed by atoms with Gasteiger partial charge in [0.15, 0.2) is 0 Å². The number of hydrogen-bond donors (Lipinski definition) is 1. The molecule has 3 heteroatoms. The zero-order valence-electron chi connectivity index (χ0n) is 13.1. The highest BCUT2D eigenvalue weighted by Crippen LogP contribution is 2.28. The van der Waals surface area contributed by atoms with E-state index in [1.165, 1.54) is 49.5 Å². The number of nitrogens with zero attached hydrogens (tertiary/aromatic N) is 1. The quantitative estimate of drug-likeness (QED) is 0.786. The van der Waals surface area contributed by atoms with Gasteiger partial charge in [-0.3, -0.25) is 0 Å². The predicted octanol–water partition coefficient (Wildman–Crippen LogP) is 4.33. The van der Waals surface area contributed by atoms with Crippen LogP contribution in [0.15, 0.2) is 29.2 Å². The van der Waals surface area contributed by atoms with Crippen LogP contribution in [0.5, 0.6) is 0 Å². The third-order valence-electron chi connectivity index (χ3n) is 4.37. The minimum absolute atomic E-state index is 0.562. The molecule has 20 heavy (non-hydrogen) atoms. The lowest BCUT2D eigenvalue weighted by Gasteiger charge is -2.35. The molecule has 1 aromatic carbocycles. The molecule has 112 valence electrons. The van der Waals surface area contributed by atoms with Crippen LogP contribution in [0, 0.1) is 5.92 Å². The number of likely N-dealkylation sites (tertiary alicyclic amines) is 1. The maximum atomic E-state index is 3.74. The van der Waals surface area contributed by atoms with Crippen LogP contribution in [0.2, 0.25) is 0 Å².